The number of carbonyl (C=O) groups excluding carboxylic acids is 2. The molecule has 0 radical (unpaired) electrons. The average molecular weight is 575 g/mol. The van der Waals surface area contributed by atoms with Crippen molar-refractivity contribution in [1.82, 2.24) is 19.8 Å². The molecule has 210 valence electrons. The maximum absolute atomic E-state index is 14.8. The summed E-state index contributed by atoms with van der Waals surface area (Å²) in [5.41, 5.74) is 4.56. The fourth-order valence-electron chi connectivity index (χ4n) is 6.02. The molecule has 3 aromatic rings. The monoisotopic (exact) mass is 574 g/mol. The number of carbonyl (C=O) groups is 2. The summed E-state index contributed by atoms with van der Waals surface area (Å²) in [5, 5.41) is 16.6. The van der Waals surface area contributed by atoms with Gasteiger partial charge in [-0.05, 0) is 51.9 Å². The number of hydrogen-bond donors (Lipinski definition) is 1. The van der Waals surface area contributed by atoms with Gasteiger partial charge in [-0.2, -0.15) is 5.01 Å². The van der Waals surface area contributed by atoms with Crippen molar-refractivity contribution in [3.05, 3.63) is 94.6 Å². The maximum atomic E-state index is 14.8. The number of rotatable bonds is 2. The van der Waals surface area contributed by atoms with Gasteiger partial charge in [0.05, 0.1) is 19.3 Å². The molecule has 2 saturated heterocycles. The Morgan fingerprint density at radius 3 is 2.76 bits per heavy atom. The second-order valence-corrected chi connectivity index (χ2v) is 11.3. The van der Waals surface area contributed by atoms with E-state index in [1.807, 2.05) is 34.7 Å². The molecule has 3 aliphatic heterocycles. The first-order valence-electron chi connectivity index (χ1n) is 13.3. The van der Waals surface area contributed by atoms with E-state index in [-0.39, 0.29) is 29.8 Å². The Bertz CT molecular complexity index is 1630. The van der Waals surface area contributed by atoms with E-state index in [4.69, 9.17) is 9.47 Å². The van der Waals surface area contributed by atoms with Crippen molar-refractivity contribution in [2.45, 2.75) is 18.3 Å². The third-order valence-electron chi connectivity index (χ3n) is 7.85. The fourth-order valence-corrected chi connectivity index (χ4v) is 6.97. The fraction of sp³-hybridized carbons (Fsp3) is 0.267. The molecule has 2 amide bonds. The van der Waals surface area contributed by atoms with E-state index < -0.39 is 24.4 Å². The Morgan fingerprint density at radius 1 is 1.12 bits per heavy atom. The summed E-state index contributed by atoms with van der Waals surface area (Å²) in [6.45, 7) is 0.884. The number of aliphatic hydroxyl groups excluding tert-OH is 1. The van der Waals surface area contributed by atoms with Gasteiger partial charge in [-0.25, -0.2) is 9.18 Å². The lowest BCUT2D eigenvalue weighted by Gasteiger charge is -2.55. The van der Waals surface area contributed by atoms with E-state index in [9.17, 15) is 19.1 Å². The molecular formula is C30H27FN4O5S. The Hall–Kier alpha value is -4.03. The minimum Gasteiger partial charge on any atom is -0.409 e. The molecular weight excluding hydrogens is 547 g/mol. The van der Waals surface area contributed by atoms with Gasteiger partial charge >= 0.3 is 6.09 Å². The number of nitrogens with zero attached hydrogens (tertiary/aromatic N) is 4. The molecule has 7 rings (SSSR count). The van der Waals surface area contributed by atoms with E-state index >= 15 is 0 Å². The number of aliphatic hydroxyl groups is 1. The van der Waals surface area contributed by atoms with Crippen LogP contribution in [0.3, 0.4) is 0 Å². The van der Waals surface area contributed by atoms with Crippen LogP contribution in [0.5, 0.6) is 0 Å². The lowest BCUT2D eigenvalue weighted by Crippen LogP contribution is -2.68. The molecule has 1 aliphatic carbocycles. The van der Waals surface area contributed by atoms with Crippen LogP contribution in [0.1, 0.15) is 17.2 Å². The standard InChI is InChI=1S/C30H27FN4O5S/c1-32(2)30(38)40-27-23(36)9-11-34-26(27)29(37)33-12-13-39-16-24(33)35(34)25-18-5-3-4-6-20(18)28-21(10-14-41-28)22-15-17(31)7-8-19(22)25/h3-11,14-15,23-25,36H,12-13,16H2,1-2H3/t23?,24-,25?/m1/s1. The SMILES string of the molecule is CN(C)C(=O)OC1=C2C(=O)N3CCOC[C@H]3N(C3c4ccc(F)cc4-c4ccsc4-c4ccccc43)N2C=CC1O. The summed E-state index contributed by atoms with van der Waals surface area (Å²) < 4.78 is 26.3. The van der Waals surface area contributed by atoms with Gasteiger partial charge in [-0.3, -0.25) is 9.80 Å². The van der Waals surface area contributed by atoms with E-state index in [1.165, 1.54) is 31.1 Å². The largest absolute Gasteiger partial charge is 0.414 e. The minimum absolute atomic E-state index is 0.0495. The van der Waals surface area contributed by atoms with Crippen LogP contribution in [0.25, 0.3) is 21.6 Å². The molecule has 4 heterocycles. The summed E-state index contributed by atoms with van der Waals surface area (Å²) in [5.74, 6) is -0.868. The highest BCUT2D eigenvalue weighted by molar-refractivity contribution is 7.14. The van der Waals surface area contributed by atoms with Gasteiger partial charge in [-0.1, -0.05) is 30.3 Å². The molecule has 2 aromatic carbocycles. The zero-order chi connectivity index (χ0) is 28.4. The van der Waals surface area contributed by atoms with Crippen molar-refractivity contribution in [2.75, 3.05) is 33.9 Å². The summed E-state index contributed by atoms with van der Waals surface area (Å²) in [6.07, 6.45) is 0.562. The average Bonchev–Trinajstić information content (AvgIpc) is 3.43. The van der Waals surface area contributed by atoms with Gasteiger partial charge in [0, 0.05) is 37.3 Å². The second kappa shape index (κ2) is 9.81. The predicted molar refractivity (Wildman–Crippen MR) is 149 cm³/mol. The Kier molecular flexibility index (Phi) is 6.20. The van der Waals surface area contributed by atoms with Crippen molar-refractivity contribution in [2.24, 2.45) is 0 Å². The van der Waals surface area contributed by atoms with E-state index in [2.05, 4.69) is 6.07 Å². The number of hydrogen-bond acceptors (Lipinski definition) is 8. The highest BCUT2D eigenvalue weighted by atomic mass is 32.1. The number of morpholine rings is 1. The van der Waals surface area contributed by atoms with Gasteiger partial charge in [-0.15, -0.1) is 11.3 Å². The van der Waals surface area contributed by atoms with E-state index in [0.717, 1.165) is 32.7 Å². The van der Waals surface area contributed by atoms with Crippen LogP contribution in [0, 0.1) is 5.82 Å². The zero-order valence-corrected chi connectivity index (χ0v) is 23.2. The Labute approximate surface area is 239 Å². The van der Waals surface area contributed by atoms with Crippen LogP contribution in [-0.4, -0.2) is 83.0 Å². The number of ether oxygens (including phenoxy) is 2. The highest BCUT2D eigenvalue weighted by Crippen LogP contribution is 2.51. The molecule has 4 aliphatic rings. The van der Waals surface area contributed by atoms with Crippen molar-refractivity contribution in [1.29, 1.82) is 0 Å². The summed E-state index contributed by atoms with van der Waals surface area (Å²) in [4.78, 5) is 30.6. The normalized spacial score (nSPS) is 23.2. The number of thiophene rings is 1. The smallest absolute Gasteiger partial charge is 0.409 e. The maximum Gasteiger partial charge on any atom is 0.414 e. The molecule has 0 spiro atoms. The molecule has 41 heavy (non-hydrogen) atoms. The molecule has 11 heteroatoms. The molecule has 1 aromatic heterocycles. The minimum atomic E-state index is -1.30. The van der Waals surface area contributed by atoms with Gasteiger partial charge < -0.3 is 24.4 Å². The lowest BCUT2D eigenvalue weighted by molar-refractivity contribution is -0.190. The number of benzene rings is 2. The van der Waals surface area contributed by atoms with Crippen molar-refractivity contribution in [3.63, 3.8) is 0 Å². The highest BCUT2D eigenvalue weighted by Gasteiger charge is 2.51. The van der Waals surface area contributed by atoms with Gasteiger partial charge in [0.25, 0.3) is 5.91 Å². The van der Waals surface area contributed by atoms with Crippen molar-refractivity contribution < 1.29 is 28.6 Å². The first-order chi connectivity index (χ1) is 19.8. The predicted octanol–water partition coefficient (Wildman–Crippen LogP) is 4.14. The first kappa shape index (κ1) is 25.9. The zero-order valence-electron chi connectivity index (χ0n) is 22.4. The van der Waals surface area contributed by atoms with Gasteiger partial charge in [0.2, 0.25) is 0 Å². The van der Waals surface area contributed by atoms with Gasteiger partial charge in [0.1, 0.15) is 18.1 Å². The summed E-state index contributed by atoms with van der Waals surface area (Å²) in [7, 11) is 3.06. The molecule has 3 atom stereocenters. The number of hydrazine groups is 1. The molecule has 0 bridgehead atoms. The number of fused-ring (bicyclic) bond motifs is 7. The first-order valence-corrected chi connectivity index (χ1v) is 14.2. The summed E-state index contributed by atoms with van der Waals surface area (Å²) >= 11 is 1.59. The van der Waals surface area contributed by atoms with Crippen LogP contribution in [0.15, 0.2) is 77.6 Å². The van der Waals surface area contributed by atoms with Crippen molar-refractivity contribution >= 4 is 23.3 Å². The molecule has 0 saturated carbocycles. The molecule has 2 fully saturated rings. The van der Waals surface area contributed by atoms with Crippen LogP contribution in [-0.2, 0) is 14.3 Å². The Morgan fingerprint density at radius 2 is 1.93 bits per heavy atom. The molecule has 9 nitrogen and oxygen atoms in total. The van der Waals surface area contributed by atoms with Crippen LogP contribution in [0.4, 0.5) is 9.18 Å². The Balaban J connectivity index is 1.49. The van der Waals surface area contributed by atoms with Gasteiger partial charge in [0.15, 0.2) is 11.5 Å². The number of halogens is 1. The third kappa shape index (κ3) is 3.99. The molecule has 1 N–H and O–H groups in total. The van der Waals surface area contributed by atoms with Crippen LogP contribution >= 0.6 is 11.3 Å². The second-order valence-electron chi connectivity index (χ2n) is 10.4. The third-order valence-corrected chi connectivity index (χ3v) is 8.80. The van der Waals surface area contributed by atoms with E-state index in [1.54, 1.807) is 39.6 Å². The van der Waals surface area contributed by atoms with Crippen LogP contribution < -0.4 is 0 Å². The van der Waals surface area contributed by atoms with Crippen LogP contribution in [0.2, 0.25) is 0 Å². The molecule has 2 unspecified atom stereocenters. The topological polar surface area (TPSA) is 85.8 Å². The van der Waals surface area contributed by atoms with Crippen molar-refractivity contribution in [3.8, 4) is 21.6 Å². The lowest BCUT2D eigenvalue weighted by atomic mass is 9.92. The quantitative estimate of drug-likeness (QED) is 0.493. The van der Waals surface area contributed by atoms with E-state index in [0.29, 0.717) is 13.2 Å². The summed E-state index contributed by atoms with van der Waals surface area (Å²) in [6, 6.07) is 14.4. The number of amides is 2.